The molecule has 112 valence electrons. The van der Waals surface area contributed by atoms with Gasteiger partial charge in [-0.05, 0) is 67.6 Å². The minimum absolute atomic E-state index is 0.395. The number of carbonyl (C=O) groups is 1. The average molecular weight is 284 g/mol. The van der Waals surface area contributed by atoms with Gasteiger partial charge in [-0.15, -0.1) is 0 Å². The van der Waals surface area contributed by atoms with Crippen LogP contribution in [0.1, 0.15) is 50.5 Å². The average Bonchev–Trinajstić information content (AvgIpc) is 3.14. The smallest absolute Gasteiger partial charge is 0.223 e. The zero-order chi connectivity index (χ0) is 14.2. The van der Waals surface area contributed by atoms with Crippen molar-refractivity contribution in [3.63, 3.8) is 0 Å². The molecule has 0 aliphatic heterocycles. The van der Waals surface area contributed by atoms with Gasteiger partial charge in [0.1, 0.15) is 0 Å². The second-order valence-electron chi connectivity index (χ2n) is 7.25. The van der Waals surface area contributed by atoms with Crippen LogP contribution in [0, 0.1) is 17.8 Å². The minimum Gasteiger partial charge on any atom is -0.335 e. The summed E-state index contributed by atoms with van der Waals surface area (Å²) in [6.07, 6.45) is 12.3. The molecule has 3 aliphatic carbocycles. The van der Waals surface area contributed by atoms with E-state index in [1.165, 1.54) is 44.1 Å². The predicted octanol–water partition coefficient (Wildman–Crippen LogP) is 3.40. The van der Waals surface area contributed by atoms with E-state index in [1.807, 2.05) is 24.5 Å². The normalized spacial score (nSPS) is 30.6. The van der Waals surface area contributed by atoms with Crippen LogP contribution in [0.5, 0.6) is 0 Å². The predicted molar refractivity (Wildman–Crippen MR) is 81.4 cm³/mol. The molecule has 1 aromatic heterocycles. The highest BCUT2D eigenvalue weighted by atomic mass is 16.2. The maximum Gasteiger partial charge on any atom is 0.223 e. The van der Waals surface area contributed by atoms with E-state index in [0.29, 0.717) is 17.9 Å². The molecule has 0 saturated heterocycles. The molecule has 3 heteroatoms. The molecule has 3 fully saturated rings. The molecule has 3 aliphatic rings. The van der Waals surface area contributed by atoms with Crippen molar-refractivity contribution >= 4 is 5.91 Å². The second kappa shape index (κ2) is 5.43. The van der Waals surface area contributed by atoms with E-state index < -0.39 is 0 Å². The summed E-state index contributed by atoms with van der Waals surface area (Å²) in [6.45, 7) is 0.771. The molecular weight excluding hydrogens is 260 g/mol. The van der Waals surface area contributed by atoms with Crippen molar-refractivity contribution in [1.82, 2.24) is 9.88 Å². The van der Waals surface area contributed by atoms with Crippen LogP contribution in [0.15, 0.2) is 24.5 Å². The third-order valence-corrected chi connectivity index (χ3v) is 5.73. The van der Waals surface area contributed by atoms with Gasteiger partial charge in [0.05, 0.1) is 0 Å². The zero-order valence-electron chi connectivity index (χ0n) is 12.6. The molecule has 2 bridgehead atoms. The van der Waals surface area contributed by atoms with Crippen LogP contribution >= 0.6 is 0 Å². The van der Waals surface area contributed by atoms with Crippen molar-refractivity contribution in [2.75, 3.05) is 0 Å². The molecule has 3 saturated carbocycles. The number of hydrogen-bond donors (Lipinski definition) is 0. The van der Waals surface area contributed by atoms with Crippen molar-refractivity contribution in [3.05, 3.63) is 30.1 Å². The van der Waals surface area contributed by atoms with Gasteiger partial charge in [0, 0.05) is 31.4 Å². The van der Waals surface area contributed by atoms with Gasteiger partial charge in [-0.2, -0.15) is 0 Å². The van der Waals surface area contributed by atoms with Gasteiger partial charge in [0.25, 0.3) is 0 Å². The highest BCUT2D eigenvalue weighted by molar-refractivity contribution is 5.77. The fraction of sp³-hybridized carbons (Fsp3) is 0.667. The molecule has 0 N–H and O–H groups in total. The highest BCUT2D eigenvalue weighted by Gasteiger charge is 2.42. The Morgan fingerprint density at radius 1 is 1.14 bits per heavy atom. The fourth-order valence-corrected chi connectivity index (χ4v) is 4.46. The minimum atomic E-state index is 0.395. The summed E-state index contributed by atoms with van der Waals surface area (Å²) in [5, 5.41) is 0. The molecule has 21 heavy (non-hydrogen) atoms. The first kappa shape index (κ1) is 13.3. The largest absolute Gasteiger partial charge is 0.335 e. The molecule has 1 amide bonds. The lowest BCUT2D eigenvalue weighted by Gasteiger charge is -2.27. The lowest BCUT2D eigenvalue weighted by Crippen LogP contribution is -2.34. The fourth-order valence-electron chi connectivity index (χ4n) is 4.46. The van der Waals surface area contributed by atoms with Crippen molar-refractivity contribution in [1.29, 1.82) is 0 Å². The number of rotatable bonds is 5. The molecule has 3 nitrogen and oxygen atoms in total. The summed E-state index contributed by atoms with van der Waals surface area (Å²) in [6, 6.07) is 4.56. The molecule has 1 heterocycles. The first-order valence-corrected chi connectivity index (χ1v) is 8.48. The molecular formula is C18H24N2O. The summed E-state index contributed by atoms with van der Waals surface area (Å²) >= 11 is 0. The number of amides is 1. The van der Waals surface area contributed by atoms with Gasteiger partial charge in [-0.25, -0.2) is 0 Å². The Morgan fingerprint density at radius 3 is 2.57 bits per heavy atom. The second-order valence-corrected chi connectivity index (χ2v) is 7.25. The monoisotopic (exact) mass is 284 g/mol. The zero-order valence-corrected chi connectivity index (χ0v) is 12.6. The SMILES string of the molecule is O=C(CC1CC2CCC1C2)N(Cc1ccncc1)C1CC1. The van der Waals surface area contributed by atoms with Gasteiger partial charge in [-0.1, -0.05) is 6.42 Å². The number of carbonyl (C=O) groups excluding carboxylic acids is 1. The maximum atomic E-state index is 12.8. The van der Waals surface area contributed by atoms with Crippen LogP contribution in [0.4, 0.5) is 0 Å². The van der Waals surface area contributed by atoms with E-state index in [4.69, 9.17) is 0 Å². The topological polar surface area (TPSA) is 33.2 Å². The number of fused-ring (bicyclic) bond motifs is 2. The van der Waals surface area contributed by atoms with Crippen molar-refractivity contribution < 1.29 is 4.79 Å². The first-order chi connectivity index (χ1) is 10.3. The number of aromatic nitrogens is 1. The van der Waals surface area contributed by atoms with Crippen LogP contribution in [-0.4, -0.2) is 21.8 Å². The number of hydrogen-bond acceptors (Lipinski definition) is 2. The standard InChI is InChI=1S/C18H24N2O/c21-18(11-16-10-14-1-2-15(16)9-14)20(17-3-4-17)12-13-5-7-19-8-6-13/h5-8,14-17H,1-4,9-12H2. The molecule has 0 radical (unpaired) electrons. The quantitative estimate of drug-likeness (QED) is 0.830. The first-order valence-electron chi connectivity index (χ1n) is 8.48. The summed E-state index contributed by atoms with van der Waals surface area (Å²) in [5.41, 5.74) is 1.21. The molecule has 1 aromatic rings. The van der Waals surface area contributed by atoms with Crippen LogP contribution in [0.25, 0.3) is 0 Å². The van der Waals surface area contributed by atoms with E-state index >= 15 is 0 Å². The van der Waals surface area contributed by atoms with Gasteiger partial charge < -0.3 is 4.90 Å². The summed E-state index contributed by atoms with van der Waals surface area (Å²) in [5.74, 6) is 2.85. The summed E-state index contributed by atoms with van der Waals surface area (Å²) in [7, 11) is 0. The van der Waals surface area contributed by atoms with Gasteiger partial charge >= 0.3 is 0 Å². The van der Waals surface area contributed by atoms with Crippen LogP contribution in [0.3, 0.4) is 0 Å². The van der Waals surface area contributed by atoms with E-state index in [9.17, 15) is 4.79 Å². The molecule has 3 atom stereocenters. The molecule has 0 aromatic carbocycles. The van der Waals surface area contributed by atoms with Crippen molar-refractivity contribution in [2.24, 2.45) is 17.8 Å². The van der Waals surface area contributed by atoms with Crippen LogP contribution < -0.4 is 0 Å². The van der Waals surface area contributed by atoms with Crippen molar-refractivity contribution in [3.8, 4) is 0 Å². The van der Waals surface area contributed by atoms with E-state index in [-0.39, 0.29) is 0 Å². The Balaban J connectivity index is 1.40. The Hall–Kier alpha value is -1.38. The third kappa shape index (κ3) is 2.83. The Kier molecular flexibility index (Phi) is 3.44. The Bertz CT molecular complexity index is 511. The van der Waals surface area contributed by atoms with E-state index in [2.05, 4.69) is 9.88 Å². The van der Waals surface area contributed by atoms with Crippen LogP contribution in [0.2, 0.25) is 0 Å². The number of pyridine rings is 1. The van der Waals surface area contributed by atoms with Gasteiger partial charge in [-0.3, -0.25) is 9.78 Å². The van der Waals surface area contributed by atoms with Gasteiger partial charge in [0.2, 0.25) is 5.91 Å². The Labute approximate surface area is 126 Å². The van der Waals surface area contributed by atoms with Crippen molar-refractivity contribution in [2.45, 2.75) is 57.5 Å². The molecule has 0 spiro atoms. The number of nitrogens with zero attached hydrogens (tertiary/aromatic N) is 2. The third-order valence-electron chi connectivity index (χ3n) is 5.73. The maximum absolute atomic E-state index is 12.8. The van der Waals surface area contributed by atoms with E-state index in [0.717, 1.165) is 24.8 Å². The highest BCUT2D eigenvalue weighted by Crippen LogP contribution is 2.49. The van der Waals surface area contributed by atoms with E-state index in [1.54, 1.807) is 0 Å². The van der Waals surface area contributed by atoms with Crippen LogP contribution in [-0.2, 0) is 11.3 Å². The van der Waals surface area contributed by atoms with Gasteiger partial charge in [0.15, 0.2) is 0 Å². The lowest BCUT2D eigenvalue weighted by atomic mass is 9.86. The molecule has 4 rings (SSSR count). The molecule has 3 unspecified atom stereocenters. The summed E-state index contributed by atoms with van der Waals surface area (Å²) < 4.78 is 0. The summed E-state index contributed by atoms with van der Waals surface area (Å²) in [4.78, 5) is 19.0. The lowest BCUT2D eigenvalue weighted by molar-refractivity contribution is -0.133. The Morgan fingerprint density at radius 2 is 1.95 bits per heavy atom.